The van der Waals surface area contributed by atoms with Crippen LogP contribution in [0.25, 0.3) is 0 Å². The fourth-order valence-electron chi connectivity index (χ4n) is 2.84. The molecule has 1 fully saturated rings. The van der Waals surface area contributed by atoms with Crippen LogP contribution in [0.3, 0.4) is 0 Å². The summed E-state index contributed by atoms with van der Waals surface area (Å²) in [5.74, 6) is 0.453. The van der Waals surface area contributed by atoms with Gasteiger partial charge in [0, 0.05) is 38.0 Å². The van der Waals surface area contributed by atoms with Gasteiger partial charge in [0.2, 0.25) is 0 Å². The van der Waals surface area contributed by atoms with Gasteiger partial charge in [0.15, 0.2) is 0 Å². The predicted molar refractivity (Wildman–Crippen MR) is 103 cm³/mol. The first-order valence-corrected chi connectivity index (χ1v) is 9.28. The Labute approximate surface area is 151 Å². The molecule has 1 atom stereocenters. The Balaban J connectivity index is 1.80. The van der Waals surface area contributed by atoms with Gasteiger partial charge < -0.3 is 20.6 Å². The second kappa shape index (κ2) is 8.56. The molecule has 1 aromatic rings. The molecule has 1 aliphatic heterocycles. The van der Waals surface area contributed by atoms with Gasteiger partial charge in [-0.05, 0) is 48.8 Å². The summed E-state index contributed by atoms with van der Waals surface area (Å²) in [5, 5.41) is 15.1. The Kier molecular flexibility index (Phi) is 6.71. The molecule has 0 saturated carbocycles. The molecule has 0 aromatic heterocycles. The number of urea groups is 1. The van der Waals surface area contributed by atoms with Crippen LogP contribution < -0.4 is 15.5 Å². The maximum atomic E-state index is 12.0. The fourth-order valence-corrected chi connectivity index (χ4v) is 2.84. The van der Waals surface area contributed by atoms with Gasteiger partial charge in [0.25, 0.3) is 0 Å². The lowest BCUT2D eigenvalue weighted by molar-refractivity contribution is 0.203. The van der Waals surface area contributed by atoms with Gasteiger partial charge in [-0.25, -0.2) is 4.79 Å². The van der Waals surface area contributed by atoms with E-state index in [2.05, 4.69) is 60.6 Å². The van der Waals surface area contributed by atoms with E-state index in [0.717, 1.165) is 31.5 Å². The number of carbonyl (C=O) groups is 1. The van der Waals surface area contributed by atoms with Gasteiger partial charge in [0.05, 0.1) is 0 Å². The molecule has 1 heterocycles. The lowest BCUT2D eigenvalue weighted by atomic mass is 9.88. The van der Waals surface area contributed by atoms with E-state index in [9.17, 15) is 9.90 Å². The third-order valence-corrected chi connectivity index (χ3v) is 5.27. The first kappa shape index (κ1) is 19.6. The molecule has 0 spiro atoms. The third kappa shape index (κ3) is 5.92. The van der Waals surface area contributed by atoms with Crippen LogP contribution in [0.15, 0.2) is 24.3 Å². The first-order chi connectivity index (χ1) is 11.8. The summed E-state index contributed by atoms with van der Waals surface area (Å²) in [6.45, 7) is 11.2. The highest BCUT2D eigenvalue weighted by Crippen LogP contribution is 2.23. The van der Waals surface area contributed by atoms with Crippen LogP contribution in [0.2, 0.25) is 0 Å². The van der Waals surface area contributed by atoms with Crippen LogP contribution in [0.1, 0.15) is 46.1 Å². The number of nitrogens with zero attached hydrogens (tertiary/aromatic N) is 1. The normalized spacial score (nSPS) is 17.2. The lowest BCUT2D eigenvalue weighted by Gasteiger charge is -2.33. The predicted octanol–water partition coefficient (Wildman–Crippen LogP) is 3.13. The molecule has 25 heavy (non-hydrogen) atoms. The highest BCUT2D eigenvalue weighted by Gasteiger charge is 2.21. The zero-order chi connectivity index (χ0) is 18.4. The number of aliphatic hydroxyl groups is 1. The lowest BCUT2D eigenvalue weighted by Crippen LogP contribution is -2.46. The van der Waals surface area contributed by atoms with E-state index in [4.69, 9.17) is 0 Å². The van der Waals surface area contributed by atoms with Crippen LogP contribution in [0, 0.1) is 11.3 Å². The number of hydrogen-bond acceptors (Lipinski definition) is 3. The number of carbonyl (C=O) groups excluding carboxylic acids is 1. The number of rotatable bonds is 5. The largest absolute Gasteiger partial charge is 0.396 e. The van der Waals surface area contributed by atoms with Crippen LogP contribution >= 0.6 is 0 Å². The third-order valence-electron chi connectivity index (χ3n) is 5.27. The second-order valence-electron chi connectivity index (χ2n) is 8.19. The van der Waals surface area contributed by atoms with Gasteiger partial charge in [-0.2, -0.15) is 0 Å². The zero-order valence-corrected chi connectivity index (χ0v) is 16.0. The number of benzene rings is 1. The molecule has 3 N–H and O–H groups in total. The van der Waals surface area contributed by atoms with Crippen molar-refractivity contribution in [2.75, 3.05) is 24.6 Å². The summed E-state index contributed by atoms with van der Waals surface area (Å²) in [6.07, 6.45) is 2.10. The van der Waals surface area contributed by atoms with Gasteiger partial charge >= 0.3 is 6.03 Å². The standard InChI is InChI=1S/C20H33N3O2/c1-15(20(2,3)4)22-19(25)21-13-16-5-7-18(8-6-16)23-11-9-17(14-24)10-12-23/h5-8,15,17,24H,9-14H2,1-4H3,(H2,21,22,25). The van der Waals surface area contributed by atoms with Crippen molar-refractivity contribution >= 4 is 11.7 Å². The average molecular weight is 348 g/mol. The highest BCUT2D eigenvalue weighted by molar-refractivity contribution is 5.74. The van der Waals surface area contributed by atoms with Crippen molar-refractivity contribution in [2.24, 2.45) is 11.3 Å². The molecule has 2 rings (SSSR count). The minimum absolute atomic E-state index is 0.0441. The molecule has 1 saturated heterocycles. The first-order valence-electron chi connectivity index (χ1n) is 9.28. The number of aliphatic hydroxyl groups excluding tert-OH is 1. The molecule has 2 amide bonds. The zero-order valence-electron chi connectivity index (χ0n) is 16.0. The van der Waals surface area contributed by atoms with Crippen molar-refractivity contribution < 1.29 is 9.90 Å². The Morgan fingerprint density at radius 2 is 1.84 bits per heavy atom. The smallest absolute Gasteiger partial charge is 0.315 e. The van der Waals surface area contributed by atoms with Crippen molar-refractivity contribution in [2.45, 2.75) is 53.1 Å². The Morgan fingerprint density at radius 1 is 1.24 bits per heavy atom. The topological polar surface area (TPSA) is 64.6 Å². The summed E-state index contributed by atoms with van der Waals surface area (Å²) in [4.78, 5) is 14.4. The van der Waals surface area contributed by atoms with Gasteiger partial charge in [-0.3, -0.25) is 0 Å². The summed E-state index contributed by atoms with van der Waals surface area (Å²) in [6, 6.07) is 8.36. The average Bonchev–Trinajstić information content (AvgIpc) is 2.59. The van der Waals surface area contributed by atoms with Gasteiger partial charge in [-0.1, -0.05) is 32.9 Å². The van der Waals surface area contributed by atoms with Crippen molar-refractivity contribution in [3.8, 4) is 0 Å². The summed E-state index contributed by atoms with van der Waals surface area (Å²) in [5.41, 5.74) is 2.35. The van der Waals surface area contributed by atoms with Crippen molar-refractivity contribution in [3.63, 3.8) is 0 Å². The molecular weight excluding hydrogens is 314 g/mol. The summed E-state index contributed by atoms with van der Waals surface area (Å²) >= 11 is 0. The Bertz CT molecular complexity index is 543. The van der Waals surface area contributed by atoms with E-state index in [1.165, 1.54) is 5.69 Å². The molecule has 140 valence electrons. The fraction of sp³-hybridized carbons (Fsp3) is 0.650. The highest BCUT2D eigenvalue weighted by atomic mass is 16.3. The van der Waals surface area contributed by atoms with Crippen molar-refractivity contribution in [3.05, 3.63) is 29.8 Å². The van der Waals surface area contributed by atoms with Crippen LogP contribution in [0.5, 0.6) is 0 Å². The van der Waals surface area contributed by atoms with E-state index >= 15 is 0 Å². The molecule has 0 radical (unpaired) electrons. The summed E-state index contributed by atoms with van der Waals surface area (Å²) in [7, 11) is 0. The van der Waals surface area contributed by atoms with Crippen molar-refractivity contribution in [1.82, 2.24) is 10.6 Å². The van der Waals surface area contributed by atoms with Crippen LogP contribution in [-0.4, -0.2) is 36.9 Å². The molecule has 1 aliphatic rings. The van der Waals surface area contributed by atoms with Crippen LogP contribution in [-0.2, 0) is 6.54 Å². The second-order valence-corrected chi connectivity index (χ2v) is 8.19. The maximum absolute atomic E-state index is 12.0. The molecule has 5 nitrogen and oxygen atoms in total. The van der Waals surface area contributed by atoms with E-state index in [1.807, 2.05) is 6.92 Å². The molecular formula is C20H33N3O2. The van der Waals surface area contributed by atoms with E-state index < -0.39 is 0 Å². The van der Waals surface area contributed by atoms with Gasteiger partial charge in [0.1, 0.15) is 0 Å². The number of amides is 2. The monoisotopic (exact) mass is 347 g/mol. The number of anilines is 1. The molecule has 5 heteroatoms. The number of hydrogen-bond donors (Lipinski definition) is 3. The van der Waals surface area contributed by atoms with E-state index in [1.54, 1.807) is 0 Å². The van der Waals surface area contributed by atoms with E-state index in [-0.39, 0.29) is 17.5 Å². The molecule has 1 aromatic carbocycles. The van der Waals surface area contributed by atoms with Gasteiger partial charge in [-0.15, -0.1) is 0 Å². The Morgan fingerprint density at radius 3 is 2.36 bits per heavy atom. The molecule has 0 aliphatic carbocycles. The minimum Gasteiger partial charge on any atom is -0.396 e. The minimum atomic E-state index is -0.127. The van der Waals surface area contributed by atoms with Crippen LogP contribution in [0.4, 0.5) is 10.5 Å². The number of nitrogens with one attached hydrogen (secondary N) is 2. The molecule has 0 bridgehead atoms. The quantitative estimate of drug-likeness (QED) is 0.767. The summed E-state index contributed by atoms with van der Waals surface area (Å²) < 4.78 is 0. The SMILES string of the molecule is CC(NC(=O)NCc1ccc(N2CCC(CO)CC2)cc1)C(C)(C)C. The van der Waals surface area contributed by atoms with Crippen molar-refractivity contribution in [1.29, 1.82) is 0 Å². The maximum Gasteiger partial charge on any atom is 0.315 e. The number of piperidine rings is 1. The molecule has 1 unspecified atom stereocenters. The van der Waals surface area contributed by atoms with E-state index in [0.29, 0.717) is 19.1 Å². The Hall–Kier alpha value is -1.75.